The van der Waals surface area contributed by atoms with Crippen molar-refractivity contribution in [1.29, 1.82) is 0 Å². The fraction of sp³-hybridized carbons (Fsp3) is 0. The molecule has 74 valence electrons. The summed E-state index contributed by atoms with van der Waals surface area (Å²) in [7, 11) is 0. The van der Waals surface area contributed by atoms with E-state index in [9.17, 15) is 19.2 Å². The molecule has 0 bridgehead atoms. The molecule has 0 atom stereocenters. The molecule has 1 aromatic carbocycles. The number of benzene rings is 1. The van der Waals surface area contributed by atoms with Crippen LogP contribution in [-0.4, -0.2) is 24.4 Å². The maximum absolute atomic E-state index is 11.2. The van der Waals surface area contributed by atoms with Crippen LogP contribution in [0.4, 0.5) is 0 Å². The molecular weight excluding hydrogens is 198 g/mol. The van der Waals surface area contributed by atoms with E-state index in [0.717, 1.165) is 0 Å². The van der Waals surface area contributed by atoms with Crippen molar-refractivity contribution in [3.8, 4) is 0 Å². The molecule has 5 nitrogen and oxygen atoms in total. The van der Waals surface area contributed by atoms with E-state index in [1.54, 1.807) is 0 Å². The van der Waals surface area contributed by atoms with E-state index in [4.69, 9.17) is 0 Å². The number of fused-ring (bicyclic) bond motifs is 1. The zero-order valence-corrected chi connectivity index (χ0v) is 7.44. The molecule has 2 amide bonds. The maximum Gasteiger partial charge on any atom is 0.258 e. The van der Waals surface area contributed by atoms with E-state index >= 15 is 0 Å². The van der Waals surface area contributed by atoms with E-state index in [1.807, 2.05) is 0 Å². The molecule has 0 saturated carbocycles. The number of nitrogens with one attached hydrogen (secondary N) is 1. The van der Waals surface area contributed by atoms with Gasteiger partial charge in [0.1, 0.15) is 0 Å². The van der Waals surface area contributed by atoms with Crippen molar-refractivity contribution in [1.82, 2.24) is 5.32 Å². The predicted molar refractivity (Wildman–Crippen MR) is 49.0 cm³/mol. The smallest absolute Gasteiger partial charge is 0.258 e. The normalized spacial score (nSPS) is 13.3. The van der Waals surface area contributed by atoms with E-state index < -0.39 is 11.8 Å². The van der Waals surface area contributed by atoms with Crippen molar-refractivity contribution in [3.05, 3.63) is 34.4 Å². The summed E-state index contributed by atoms with van der Waals surface area (Å²) in [6.07, 6.45) is 0.945. The molecular formula is C10H5NO4. The summed E-state index contributed by atoms with van der Waals surface area (Å²) in [5, 5.41) is 2.08. The fourth-order valence-corrected chi connectivity index (χ4v) is 1.45. The second-order valence-corrected chi connectivity index (χ2v) is 3.05. The van der Waals surface area contributed by atoms with Gasteiger partial charge in [-0.15, -0.1) is 0 Å². The zero-order chi connectivity index (χ0) is 11.0. The molecule has 0 radical (unpaired) electrons. The van der Waals surface area contributed by atoms with Crippen molar-refractivity contribution in [2.24, 2.45) is 0 Å². The standard InChI is InChI=1S/C10H5NO4/c12-3-5-1-7-8(2-6(5)4-13)10(15)11-9(7)14/h1-4H,(H,11,14,15). The van der Waals surface area contributed by atoms with Crippen LogP contribution in [0.3, 0.4) is 0 Å². The molecule has 1 aliphatic heterocycles. The molecule has 5 heteroatoms. The molecule has 1 aromatic rings. The Balaban J connectivity index is 2.73. The Labute approximate surface area is 84.1 Å². The van der Waals surface area contributed by atoms with E-state index in [2.05, 4.69) is 5.32 Å². The quantitative estimate of drug-likeness (QED) is 0.549. The van der Waals surface area contributed by atoms with Crippen LogP contribution in [0.1, 0.15) is 41.4 Å². The van der Waals surface area contributed by atoms with Crippen molar-refractivity contribution < 1.29 is 19.2 Å². The lowest BCUT2D eigenvalue weighted by molar-refractivity contribution is 0.0879. The number of imide groups is 1. The van der Waals surface area contributed by atoms with Crippen molar-refractivity contribution in [2.45, 2.75) is 0 Å². The average Bonchev–Trinajstić information content (AvgIpc) is 2.52. The van der Waals surface area contributed by atoms with Crippen molar-refractivity contribution >= 4 is 24.4 Å². The third kappa shape index (κ3) is 1.25. The Morgan fingerprint density at radius 1 is 0.867 bits per heavy atom. The number of aldehydes is 2. The third-order valence-corrected chi connectivity index (χ3v) is 2.19. The number of carbonyl (C=O) groups is 4. The second kappa shape index (κ2) is 3.13. The van der Waals surface area contributed by atoms with Gasteiger partial charge in [0.15, 0.2) is 12.6 Å². The van der Waals surface area contributed by atoms with Gasteiger partial charge < -0.3 is 0 Å². The summed E-state index contributed by atoms with van der Waals surface area (Å²) >= 11 is 0. The van der Waals surface area contributed by atoms with Gasteiger partial charge in [-0.05, 0) is 12.1 Å². The van der Waals surface area contributed by atoms with Gasteiger partial charge in [-0.1, -0.05) is 0 Å². The van der Waals surface area contributed by atoms with Gasteiger partial charge in [-0.3, -0.25) is 24.5 Å². The Hall–Kier alpha value is -2.30. The molecule has 1 N–H and O–H groups in total. The highest BCUT2D eigenvalue weighted by Gasteiger charge is 2.27. The molecule has 0 unspecified atom stereocenters. The van der Waals surface area contributed by atoms with E-state index in [-0.39, 0.29) is 22.3 Å². The van der Waals surface area contributed by atoms with Crippen LogP contribution >= 0.6 is 0 Å². The van der Waals surface area contributed by atoms with Gasteiger partial charge in [-0.25, -0.2) is 0 Å². The number of amides is 2. The summed E-state index contributed by atoms with van der Waals surface area (Å²) in [5.41, 5.74) is 0.475. The minimum atomic E-state index is -0.546. The number of carbonyl (C=O) groups excluding carboxylic acids is 4. The van der Waals surface area contributed by atoms with E-state index in [0.29, 0.717) is 12.6 Å². The first-order valence-corrected chi connectivity index (χ1v) is 4.11. The largest absolute Gasteiger partial charge is 0.298 e. The van der Waals surface area contributed by atoms with Crippen LogP contribution in [0, 0.1) is 0 Å². The average molecular weight is 203 g/mol. The van der Waals surface area contributed by atoms with Crippen molar-refractivity contribution in [2.75, 3.05) is 0 Å². The molecule has 15 heavy (non-hydrogen) atoms. The van der Waals surface area contributed by atoms with Gasteiger partial charge >= 0.3 is 0 Å². The van der Waals surface area contributed by atoms with Crippen molar-refractivity contribution in [3.63, 3.8) is 0 Å². The highest BCUT2D eigenvalue weighted by Crippen LogP contribution is 2.19. The van der Waals surface area contributed by atoms with Gasteiger partial charge in [0.05, 0.1) is 11.1 Å². The summed E-state index contributed by atoms with van der Waals surface area (Å²) in [6.45, 7) is 0. The highest BCUT2D eigenvalue weighted by atomic mass is 16.2. The zero-order valence-electron chi connectivity index (χ0n) is 7.44. The first-order chi connectivity index (χ1) is 7.17. The van der Waals surface area contributed by atoms with Crippen LogP contribution in [-0.2, 0) is 0 Å². The Morgan fingerprint density at radius 3 is 1.60 bits per heavy atom. The molecule has 1 aliphatic rings. The number of hydrogen-bond acceptors (Lipinski definition) is 4. The Bertz CT molecular complexity index is 459. The summed E-state index contributed by atoms with van der Waals surface area (Å²) < 4.78 is 0. The predicted octanol–water partition coefficient (Wildman–Crippen LogP) is 0.195. The van der Waals surface area contributed by atoms with Crippen LogP contribution in [0.25, 0.3) is 0 Å². The third-order valence-electron chi connectivity index (χ3n) is 2.19. The molecule has 0 saturated heterocycles. The number of rotatable bonds is 2. The topological polar surface area (TPSA) is 80.3 Å². The Kier molecular flexibility index (Phi) is 1.93. The van der Waals surface area contributed by atoms with Gasteiger partial charge in [0.25, 0.3) is 11.8 Å². The minimum absolute atomic E-state index is 0.105. The monoisotopic (exact) mass is 203 g/mol. The number of hydrogen-bond donors (Lipinski definition) is 1. The summed E-state index contributed by atoms with van der Waals surface area (Å²) in [5.74, 6) is -1.09. The molecule has 0 spiro atoms. The van der Waals surface area contributed by atoms with E-state index in [1.165, 1.54) is 12.1 Å². The maximum atomic E-state index is 11.2. The highest BCUT2D eigenvalue weighted by molar-refractivity contribution is 6.22. The van der Waals surface area contributed by atoms with Crippen LogP contribution in [0.2, 0.25) is 0 Å². The van der Waals surface area contributed by atoms with Gasteiger partial charge in [0, 0.05) is 11.1 Å². The lowest BCUT2D eigenvalue weighted by Crippen LogP contribution is -2.19. The molecule has 2 rings (SSSR count). The first-order valence-electron chi connectivity index (χ1n) is 4.11. The second-order valence-electron chi connectivity index (χ2n) is 3.05. The summed E-state index contributed by atoms with van der Waals surface area (Å²) in [6, 6.07) is 2.48. The molecule has 0 aliphatic carbocycles. The Morgan fingerprint density at radius 2 is 1.27 bits per heavy atom. The first kappa shape index (κ1) is 9.26. The molecule has 0 fully saturated rings. The van der Waals surface area contributed by atoms with Crippen LogP contribution < -0.4 is 5.32 Å². The SMILES string of the molecule is O=Cc1cc2c(cc1C=O)C(=O)NC2=O. The molecule has 1 heterocycles. The lowest BCUT2D eigenvalue weighted by Gasteiger charge is -1.99. The van der Waals surface area contributed by atoms with Crippen LogP contribution in [0.15, 0.2) is 12.1 Å². The minimum Gasteiger partial charge on any atom is -0.298 e. The lowest BCUT2D eigenvalue weighted by atomic mass is 10.0. The molecule has 0 aromatic heterocycles. The fourth-order valence-electron chi connectivity index (χ4n) is 1.45. The van der Waals surface area contributed by atoms with Gasteiger partial charge in [0.2, 0.25) is 0 Å². The summed E-state index contributed by atoms with van der Waals surface area (Å²) in [4.78, 5) is 43.6. The van der Waals surface area contributed by atoms with Crippen LogP contribution in [0.5, 0.6) is 0 Å². The van der Waals surface area contributed by atoms with Gasteiger partial charge in [-0.2, -0.15) is 0 Å².